The number of alkyl halides is 3. The van der Waals surface area contributed by atoms with Crippen LogP contribution in [0.5, 0.6) is 0 Å². The van der Waals surface area contributed by atoms with Gasteiger partial charge >= 0.3 is 6.18 Å². The highest BCUT2D eigenvalue weighted by atomic mass is 19.4. The summed E-state index contributed by atoms with van der Waals surface area (Å²) < 4.78 is 48.1. The molecule has 0 N–H and O–H groups in total. The number of anilines is 1. The van der Waals surface area contributed by atoms with Crippen LogP contribution in [0.15, 0.2) is 10.7 Å². The quantitative estimate of drug-likeness (QED) is 0.855. The maximum atomic E-state index is 12.6. The minimum Gasteiger partial charge on any atom is -0.431 e. The van der Waals surface area contributed by atoms with E-state index >= 15 is 0 Å². The van der Waals surface area contributed by atoms with Crippen LogP contribution in [0.1, 0.15) is 18.5 Å². The molecule has 0 aliphatic carbocycles. The molecule has 0 bridgehead atoms. The van der Waals surface area contributed by atoms with E-state index in [0.29, 0.717) is 25.3 Å². The van der Waals surface area contributed by atoms with E-state index in [4.69, 9.17) is 9.15 Å². The molecular weight excluding hydrogens is 299 g/mol. The van der Waals surface area contributed by atoms with E-state index in [-0.39, 0.29) is 6.01 Å². The Kier molecular flexibility index (Phi) is 4.58. The van der Waals surface area contributed by atoms with Gasteiger partial charge in [-0.05, 0) is 18.8 Å². The molecule has 8 heteroatoms. The number of ether oxygens (including phenoxy) is 1. The molecule has 0 amide bonds. The van der Waals surface area contributed by atoms with Gasteiger partial charge in [0.15, 0.2) is 5.69 Å². The molecule has 5 nitrogen and oxygen atoms in total. The highest BCUT2D eigenvalue weighted by Crippen LogP contribution is 2.31. The van der Waals surface area contributed by atoms with Gasteiger partial charge in [-0.25, -0.2) is 0 Å². The van der Waals surface area contributed by atoms with Crippen LogP contribution in [-0.2, 0) is 10.9 Å². The summed E-state index contributed by atoms with van der Waals surface area (Å²) in [4.78, 5) is 7.77. The Morgan fingerprint density at radius 1 is 1.23 bits per heavy atom. The molecule has 0 unspecified atom stereocenters. The van der Waals surface area contributed by atoms with Gasteiger partial charge in [0.05, 0.1) is 13.2 Å². The lowest BCUT2D eigenvalue weighted by Crippen LogP contribution is -2.44. The number of aromatic nitrogens is 1. The summed E-state index contributed by atoms with van der Waals surface area (Å²) in [6.07, 6.45) is -1.73. The summed E-state index contributed by atoms with van der Waals surface area (Å²) in [7, 11) is 0. The van der Waals surface area contributed by atoms with E-state index in [1.165, 1.54) is 0 Å². The van der Waals surface area contributed by atoms with Gasteiger partial charge in [-0.3, -0.25) is 4.90 Å². The molecule has 2 saturated heterocycles. The van der Waals surface area contributed by atoms with Crippen LogP contribution in [0.4, 0.5) is 19.2 Å². The highest BCUT2D eigenvalue weighted by Gasteiger charge is 2.36. The monoisotopic (exact) mass is 319 g/mol. The van der Waals surface area contributed by atoms with E-state index in [1.54, 1.807) is 0 Å². The summed E-state index contributed by atoms with van der Waals surface area (Å²) >= 11 is 0. The molecule has 2 aliphatic rings. The smallest absolute Gasteiger partial charge is 0.431 e. The van der Waals surface area contributed by atoms with Crippen LogP contribution in [0.2, 0.25) is 0 Å². The number of rotatable bonds is 3. The topological polar surface area (TPSA) is 41.7 Å². The summed E-state index contributed by atoms with van der Waals surface area (Å²) in [5, 5.41) is 0. The molecule has 22 heavy (non-hydrogen) atoms. The fourth-order valence-electron chi connectivity index (χ4n) is 3.08. The number of halogens is 3. The maximum Gasteiger partial charge on any atom is 0.436 e. The van der Waals surface area contributed by atoms with Gasteiger partial charge in [-0.2, -0.15) is 18.2 Å². The largest absolute Gasteiger partial charge is 0.436 e. The van der Waals surface area contributed by atoms with Gasteiger partial charge in [0.1, 0.15) is 6.26 Å². The molecule has 0 spiro atoms. The van der Waals surface area contributed by atoms with Gasteiger partial charge in [-0.15, -0.1) is 0 Å². The lowest BCUT2D eigenvalue weighted by Gasteiger charge is -2.36. The molecule has 2 fully saturated rings. The van der Waals surface area contributed by atoms with E-state index in [1.807, 2.05) is 4.90 Å². The van der Waals surface area contributed by atoms with E-state index < -0.39 is 11.9 Å². The summed E-state index contributed by atoms with van der Waals surface area (Å²) in [5.74, 6) is 0.424. The Labute approximate surface area is 127 Å². The fraction of sp³-hybridized carbons (Fsp3) is 0.786. The first-order chi connectivity index (χ1) is 10.5. The minimum absolute atomic E-state index is 0.0824. The molecule has 1 aromatic rings. The Hall–Kier alpha value is -1.28. The summed E-state index contributed by atoms with van der Waals surface area (Å²) in [6.45, 7) is 5.69. The van der Waals surface area contributed by atoms with E-state index in [0.717, 1.165) is 45.7 Å². The van der Waals surface area contributed by atoms with Crippen LogP contribution in [0.3, 0.4) is 0 Å². The summed E-state index contributed by atoms with van der Waals surface area (Å²) in [5.41, 5.74) is -0.960. The van der Waals surface area contributed by atoms with Crippen molar-refractivity contribution >= 4 is 6.01 Å². The van der Waals surface area contributed by atoms with Gasteiger partial charge in [0.2, 0.25) is 0 Å². The Morgan fingerprint density at radius 3 is 2.68 bits per heavy atom. The average molecular weight is 319 g/mol. The van der Waals surface area contributed by atoms with Gasteiger partial charge in [0.25, 0.3) is 6.01 Å². The second-order valence-electron chi connectivity index (χ2n) is 5.88. The zero-order valence-corrected chi connectivity index (χ0v) is 12.3. The average Bonchev–Trinajstić information content (AvgIpc) is 2.99. The third-order valence-corrected chi connectivity index (χ3v) is 4.19. The Bertz CT molecular complexity index is 486. The zero-order chi connectivity index (χ0) is 15.6. The fourth-order valence-corrected chi connectivity index (χ4v) is 3.08. The minimum atomic E-state index is -4.45. The molecule has 0 saturated carbocycles. The van der Waals surface area contributed by atoms with Crippen molar-refractivity contribution in [3.63, 3.8) is 0 Å². The molecule has 124 valence electrons. The van der Waals surface area contributed by atoms with Crippen molar-refractivity contribution in [3.05, 3.63) is 12.0 Å². The molecular formula is C14H20F3N3O2. The standard InChI is InChI=1S/C14H20F3N3O2/c15-14(16,17)12-10-22-13(18-12)20-3-1-2-11(9-20)8-19-4-6-21-7-5-19/h10-11H,1-9H2/t11-/m1/s1. The maximum absolute atomic E-state index is 12.6. The predicted octanol–water partition coefficient (Wildman–Crippen LogP) is 2.24. The molecule has 2 aliphatic heterocycles. The molecule has 0 radical (unpaired) electrons. The van der Waals surface area contributed by atoms with Crippen LogP contribution < -0.4 is 4.90 Å². The number of nitrogens with zero attached hydrogens (tertiary/aromatic N) is 3. The zero-order valence-electron chi connectivity index (χ0n) is 12.3. The summed E-state index contributed by atoms with van der Waals surface area (Å²) in [6, 6.07) is 0.0824. The number of hydrogen-bond donors (Lipinski definition) is 0. The van der Waals surface area contributed by atoms with Crippen molar-refractivity contribution in [1.29, 1.82) is 0 Å². The van der Waals surface area contributed by atoms with Crippen molar-refractivity contribution in [3.8, 4) is 0 Å². The molecule has 1 aromatic heterocycles. The third-order valence-electron chi connectivity index (χ3n) is 4.19. The SMILES string of the molecule is FC(F)(F)c1coc(N2CCC[C@H](CN3CCOCC3)C2)n1. The van der Waals surface area contributed by atoms with Crippen LogP contribution >= 0.6 is 0 Å². The first kappa shape index (κ1) is 15.6. The second kappa shape index (κ2) is 6.45. The molecule has 3 heterocycles. The van der Waals surface area contributed by atoms with Gasteiger partial charge < -0.3 is 14.1 Å². The van der Waals surface area contributed by atoms with Crippen molar-refractivity contribution in [2.45, 2.75) is 19.0 Å². The lowest BCUT2D eigenvalue weighted by atomic mass is 9.97. The van der Waals surface area contributed by atoms with Crippen molar-refractivity contribution in [2.75, 3.05) is 50.8 Å². The van der Waals surface area contributed by atoms with Crippen molar-refractivity contribution in [1.82, 2.24) is 9.88 Å². The normalized spacial score (nSPS) is 24.7. The lowest BCUT2D eigenvalue weighted by molar-refractivity contribution is -0.141. The Balaban J connectivity index is 1.59. The molecule has 0 aromatic carbocycles. The van der Waals surface area contributed by atoms with Gasteiger partial charge in [0, 0.05) is 32.7 Å². The first-order valence-corrected chi connectivity index (χ1v) is 7.60. The number of morpholine rings is 1. The van der Waals surface area contributed by atoms with Crippen LogP contribution in [0.25, 0.3) is 0 Å². The van der Waals surface area contributed by atoms with Crippen LogP contribution in [0, 0.1) is 5.92 Å². The number of oxazole rings is 1. The van der Waals surface area contributed by atoms with Gasteiger partial charge in [-0.1, -0.05) is 0 Å². The van der Waals surface area contributed by atoms with E-state index in [2.05, 4.69) is 9.88 Å². The van der Waals surface area contributed by atoms with Crippen molar-refractivity contribution in [2.24, 2.45) is 5.92 Å². The number of hydrogen-bond acceptors (Lipinski definition) is 5. The third kappa shape index (κ3) is 3.73. The highest BCUT2D eigenvalue weighted by molar-refractivity contribution is 5.28. The Morgan fingerprint density at radius 2 is 2.00 bits per heavy atom. The molecule has 1 atom stereocenters. The van der Waals surface area contributed by atoms with Crippen molar-refractivity contribution < 1.29 is 22.3 Å². The second-order valence-corrected chi connectivity index (χ2v) is 5.88. The van der Waals surface area contributed by atoms with E-state index in [9.17, 15) is 13.2 Å². The first-order valence-electron chi connectivity index (χ1n) is 7.60. The number of piperidine rings is 1. The predicted molar refractivity (Wildman–Crippen MR) is 73.7 cm³/mol. The van der Waals surface area contributed by atoms with Crippen LogP contribution in [-0.4, -0.2) is 55.8 Å². The molecule has 3 rings (SSSR count).